The third-order valence-electron chi connectivity index (χ3n) is 4.40. The minimum absolute atomic E-state index is 0.0622. The maximum atomic E-state index is 12.2. The second kappa shape index (κ2) is 12.3. The molecule has 0 aliphatic carbocycles. The Kier molecular flexibility index (Phi) is 8.89. The lowest BCUT2D eigenvalue weighted by molar-refractivity contribution is -0.123. The van der Waals surface area contributed by atoms with Gasteiger partial charge in [0.1, 0.15) is 5.75 Å². The Morgan fingerprint density at radius 1 is 0.969 bits per heavy atom. The summed E-state index contributed by atoms with van der Waals surface area (Å²) in [6.07, 6.45) is 1.56. The van der Waals surface area contributed by atoms with E-state index in [2.05, 4.69) is 15.8 Å². The first-order chi connectivity index (χ1) is 15.6. The molecule has 3 rings (SSSR count). The van der Waals surface area contributed by atoms with Gasteiger partial charge in [-0.3, -0.25) is 9.59 Å². The topological polar surface area (TPSA) is 79.8 Å². The van der Waals surface area contributed by atoms with Gasteiger partial charge >= 0.3 is 0 Å². The molecule has 0 saturated heterocycles. The average molecular weight is 448 g/mol. The first kappa shape index (κ1) is 23.1. The van der Waals surface area contributed by atoms with Gasteiger partial charge in [-0.15, -0.1) is 11.8 Å². The highest BCUT2D eigenvalue weighted by Gasteiger charge is 2.13. The molecule has 7 heteroatoms. The molecule has 0 spiro atoms. The van der Waals surface area contributed by atoms with Gasteiger partial charge in [-0.2, -0.15) is 5.10 Å². The van der Waals surface area contributed by atoms with Gasteiger partial charge in [0, 0.05) is 11.4 Å². The van der Waals surface area contributed by atoms with E-state index in [0.29, 0.717) is 12.3 Å². The van der Waals surface area contributed by atoms with E-state index in [1.807, 2.05) is 67.6 Å². The lowest BCUT2D eigenvalue weighted by atomic mass is 10.2. The molecule has 0 aliphatic rings. The Hall–Kier alpha value is -3.58. The smallest absolute Gasteiger partial charge is 0.258 e. The van der Waals surface area contributed by atoms with E-state index >= 15 is 0 Å². The molecular formula is C25H25N3O3S. The molecular weight excluding hydrogens is 422 g/mol. The normalized spacial score (nSPS) is 11.7. The van der Waals surface area contributed by atoms with Gasteiger partial charge in [0.15, 0.2) is 6.61 Å². The second-order valence-electron chi connectivity index (χ2n) is 6.93. The molecule has 0 radical (unpaired) electrons. The van der Waals surface area contributed by atoms with Gasteiger partial charge in [0.2, 0.25) is 0 Å². The molecule has 0 saturated carbocycles. The number of rotatable bonds is 10. The zero-order chi connectivity index (χ0) is 22.6. The fraction of sp³-hybridized carbons (Fsp3) is 0.160. The lowest BCUT2D eigenvalue weighted by Crippen LogP contribution is -2.28. The van der Waals surface area contributed by atoms with Crippen LogP contribution >= 0.6 is 11.8 Å². The van der Waals surface area contributed by atoms with Crippen LogP contribution in [0.1, 0.15) is 18.1 Å². The molecule has 164 valence electrons. The summed E-state index contributed by atoms with van der Waals surface area (Å²) in [7, 11) is 0. The van der Waals surface area contributed by atoms with Crippen LogP contribution in [0, 0.1) is 0 Å². The number of nitrogens with one attached hydrogen (secondary N) is 2. The van der Waals surface area contributed by atoms with Crippen molar-refractivity contribution in [3.63, 3.8) is 0 Å². The highest BCUT2D eigenvalue weighted by Crippen LogP contribution is 2.22. The third kappa shape index (κ3) is 7.92. The summed E-state index contributed by atoms with van der Waals surface area (Å²) >= 11 is 1.47. The maximum absolute atomic E-state index is 12.2. The van der Waals surface area contributed by atoms with E-state index in [9.17, 15) is 9.59 Å². The first-order valence-electron chi connectivity index (χ1n) is 10.2. The van der Waals surface area contributed by atoms with Crippen LogP contribution < -0.4 is 15.5 Å². The number of benzene rings is 3. The third-order valence-corrected chi connectivity index (χ3v) is 5.51. The number of hydrogen-bond acceptors (Lipinski definition) is 5. The Morgan fingerprint density at radius 2 is 1.62 bits per heavy atom. The summed E-state index contributed by atoms with van der Waals surface area (Å²) in [6.45, 7) is 2.24. The van der Waals surface area contributed by atoms with Crippen LogP contribution in [0.3, 0.4) is 0 Å². The molecule has 32 heavy (non-hydrogen) atoms. The van der Waals surface area contributed by atoms with Crippen LogP contribution in [0.5, 0.6) is 5.75 Å². The quantitative estimate of drug-likeness (QED) is 0.280. The van der Waals surface area contributed by atoms with Crippen LogP contribution in [0.4, 0.5) is 0 Å². The summed E-state index contributed by atoms with van der Waals surface area (Å²) in [5, 5.41) is 6.57. The fourth-order valence-corrected chi connectivity index (χ4v) is 3.55. The van der Waals surface area contributed by atoms with Crippen molar-refractivity contribution >= 4 is 29.8 Å². The maximum Gasteiger partial charge on any atom is 0.258 e. The molecule has 1 atom stereocenters. The highest BCUT2D eigenvalue weighted by molar-refractivity contribution is 8.00. The van der Waals surface area contributed by atoms with Crippen LogP contribution in [0.25, 0.3) is 0 Å². The van der Waals surface area contributed by atoms with Gasteiger partial charge in [0.25, 0.3) is 11.8 Å². The van der Waals surface area contributed by atoms with Crippen molar-refractivity contribution in [3.05, 3.63) is 96.1 Å². The van der Waals surface area contributed by atoms with Gasteiger partial charge in [-0.1, -0.05) is 48.5 Å². The minimum atomic E-state index is -0.265. The summed E-state index contributed by atoms with van der Waals surface area (Å²) in [5.41, 5.74) is 4.39. The fourth-order valence-electron chi connectivity index (χ4n) is 2.66. The molecule has 0 unspecified atom stereocenters. The van der Waals surface area contributed by atoms with Crippen LogP contribution in [0.15, 0.2) is 94.9 Å². The predicted molar refractivity (Wildman–Crippen MR) is 128 cm³/mol. The van der Waals surface area contributed by atoms with Crippen molar-refractivity contribution in [1.29, 1.82) is 0 Å². The number of carbonyl (C=O) groups is 2. The SMILES string of the molecule is C[C@H](Sc1ccccc1)C(=O)N/N=C\c1ccc(OCC(=O)NCc2ccccc2)cc1. The van der Waals surface area contributed by atoms with Gasteiger partial charge in [-0.05, 0) is 54.4 Å². The van der Waals surface area contributed by atoms with E-state index in [-0.39, 0.29) is 23.7 Å². The average Bonchev–Trinajstić information content (AvgIpc) is 2.83. The van der Waals surface area contributed by atoms with Crippen LogP contribution in [0.2, 0.25) is 0 Å². The first-order valence-corrected chi connectivity index (χ1v) is 11.1. The van der Waals surface area contributed by atoms with E-state index < -0.39 is 0 Å². The molecule has 3 aromatic carbocycles. The van der Waals surface area contributed by atoms with Crippen molar-refractivity contribution in [3.8, 4) is 5.75 Å². The number of ether oxygens (including phenoxy) is 1. The molecule has 6 nitrogen and oxygen atoms in total. The Bertz CT molecular complexity index is 1030. The van der Waals surface area contributed by atoms with Crippen molar-refractivity contribution in [1.82, 2.24) is 10.7 Å². The van der Waals surface area contributed by atoms with Gasteiger partial charge in [-0.25, -0.2) is 5.43 Å². The molecule has 3 aromatic rings. The molecule has 0 heterocycles. The number of thioether (sulfide) groups is 1. The number of nitrogens with zero attached hydrogens (tertiary/aromatic N) is 1. The molecule has 0 aromatic heterocycles. The molecule has 0 aliphatic heterocycles. The lowest BCUT2D eigenvalue weighted by Gasteiger charge is -2.09. The molecule has 2 N–H and O–H groups in total. The molecule has 0 bridgehead atoms. The number of carbonyl (C=O) groups excluding carboxylic acids is 2. The van der Waals surface area contributed by atoms with E-state index in [0.717, 1.165) is 16.0 Å². The van der Waals surface area contributed by atoms with E-state index in [1.165, 1.54) is 11.8 Å². The van der Waals surface area contributed by atoms with Crippen LogP contribution in [-0.4, -0.2) is 29.9 Å². The predicted octanol–water partition coefficient (Wildman–Crippen LogP) is 4.01. The highest BCUT2D eigenvalue weighted by atomic mass is 32.2. The second-order valence-corrected chi connectivity index (χ2v) is 8.34. The monoisotopic (exact) mass is 447 g/mol. The summed E-state index contributed by atoms with van der Waals surface area (Å²) in [4.78, 5) is 25.1. The molecule has 0 fully saturated rings. The summed E-state index contributed by atoms with van der Waals surface area (Å²) < 4.78 is 5.51. The van der Waals surface area contributed by atoms with Crippen molar-refractivity contribution in [2.24, 2.45) is 5.10 Å². The largest absolute Gasteiger partial charge is 0.484 e. The van der Waals surface area contributed by atoms with Crippen molar-refractivity contribution in [2.75, 3.05) is 6.61 Å². The van der Waals surface area contributed by atoms with Crippen molar-refractivity contribution < 1.29 is 14.3 Å². The van der Waals surface area contributed by atoms with Crippen molar-refractivity contribution in [2.45, 2.75) is 23.6 Å². The zero-order valence-electron chi connectivity index (χ0n) is 17.7. The Labute approximate surface area is 192 Å². The van der Waals surface area contributed by atoms with Gasteiger partial charge < -0.3 is 10.1 Å². The zero-order valence-corrected chi connectivity index (χ0v) is 18.5. The standard InChI is InChI=1S/C25H25N3O3S/c1-19(32-23-10-6-3-7-11-23)25(30)28-27-17-21-12-14-22(15-13-21)31-18-24(29)26-16-20-8-4-2-5-9-20/h2-15,17,19H,16,18H2,1H3,(H,26,29)(H,28,30)/b27-17-/t19-/m0/s1. The summed E-state index contributed by atoms with van der Waals surface area (Å²) in [5.74, 6) is 0.218. The Balaban J connectivity index is 1.38. The Morgan fingerprint density at radius 3 is 2.31 bits per heavy atom. The van der Waals surface area contributed by atoms with Gasteiger partial charge in [0.05, 0.1) is 11.5 Å². The number of hydrazone groups is 1. The minimum Gasteiger partial charge on any atom is -0.484 e. The number of amides is 2. The van der Waals surface area contributed by atoms with E-state index in [1.54, 1.807) is 30.5 Å². The number of hydrogen-bond donors (Lipinski definition) is 2. The summed E-state index contributed by atoms with van der Waals surface area (Å²) in [6, 6.07) is 26.6. The van der Waals surface area contributed by atoms with E-state index in [4.69, 9.17) is 4.74 Å². The molecule has 2 amide bonds. The van der Waals surface area contributed by atoms with Crippen LogP contribution in [-0.2, 0) is 16.1 Å².